The van der Waals surface area contributed by atoms with Gasteiger partial charge in [0.25, 0.3) is 5.91 Å². The van der Waals surface area contributed by atoms with Gasteiger partial charge >= 0.3 is 0 Å². The highest BCUT2D eigenvalue weighted by atomic mass is 16.5. The smallest absolute Gasteiger partial charge is 0.293 e. The summed E-state index contributed by atoms with van der Waals surface area (Å²) < 4.78 is 11.4. The topological polar surface area (TPSA) is 71.7 Å². The SMILES string of the molecule is CN(C)C[C@@H]1OCCN(C(=O)c2onc3ncccc23)[C@H]1c1ccccc1. The average Bonchev–Trinajstić information content (AvgIpc) is 3.11. The van der Waals surface area contributed by atoms with E-state index in [1.807, 2.05) is 49.3 Å². The van der Waals surface area contributed by atoms with E-state index in [2.05, 4.69) is 15.0 Å². The van der Waals surface area contributed by atoms with E-state index in [0.717, 1.165) is 5.56 Å². The maximum absolute atomic E-state index is 13.4. The van der Waals surface area contributed by atoms with E-state index in [1.54, 1.807) is 18.3 Å². The predicted molar refractivity (Wildman–Crippen MR) is 100 cm³/mol. The van der Waals surface area contributed by atoms with Crippen LogP contribution in [0.5, 0.6) is 0 Å². The third kappa shape index (κ3) is 3.43. The van der Waals surface area contributed by atoms with Crippen molar-refractivity contribution in [2.75, 3.05) is 33.8 Å². The Hall–Kier alpha value is -2.77. The van der Waals surface area contributed by atoms with Crippen LogP contribution in [0.3, 0.4) is 0 Å². The molecule has 1 fully saturated rings. The van der Waals surface area contributed by atoms with Gasteiger partial charge in [0.1, 0.15) is 0 Å². The van der Waals surface area contributed by atoms with Gasteiger partial charge in [-0.1, -0.05) is 35.5 Å². The number of aromatic nitrogens is 2. The highest BCUT2D eigenvalue weighted by Gasteiger charge is 2.38. The standard InChI is InChI=1S/C20H22N4O3/c1-23(2)13-16-17(14-7-4-3-5-8-14)24(11-12-26-16)20(25)18-15-9-6-10-21-19(15)22-27-18/h3-10,16-17H,11-13H2,1-2H3/t16-,17-/m0/s1. The second kappa shape index (κ2) is 7.46. The molecule has 2 atom stereocenters. The zero-order chi connectivity index (χ0) is 18.8. The molecular formula is C20H22N4O3. The summed E-state index contributed by atoms with van der Waals surface area (Å²) in [5.74, 6) is 0.0379. The summed E-state index contributed by atoms with van der Waals surface area (Å²) >= 11 is 0. The van der Waals surface area contributed by atoms with Crippen LogP contribution in [0.15, 0.2) is 53.2 Å². The van der Waals surface area contributed by atoms with Gasteiger partial charge in [-0.25, -0.2) is 4.98 Å². The number of hydrogen-bond donors (Lipinski definition) is 0. The van der Waals surface area contributed by atoms with E-state index in [1.165, 1.54) is 0 Å². The van der Waals surface area contributed by atoms with Crippen LogP contribution in [0, 0.1) is 0 Å². The molecule has 1 aliphatic heterocycles. The van der Waals surface area contributed by atoms with Crippen LogP contribution in [0.25, 0.3) is 11.0 Å². The Morgan fingerprint density at radius 2 is 2.04 bits per heavy atom. The van der Waals surface area contributed by atoms with Gasteiger partial charge < -0.3 is 19.1 Å². The highest BCUT2D eigenvalue weighted by molar-refractivity contribution is 6.02. The van der Waals surface area contributed by atoms with E-state index in [0.29, 0.717) is 30.7 Å². The van der Waals surface area contributed by atoms with Crippen molar-refractivity contribution in [2.45, 2.75) is 12.1 Å². The molecule has 7 nitrogen and oxygen atoms in total. The van der Waals surface area contributed by atoms with Gasteiger partial charge in [0, 0.05) is 19.3 Å². The monoisotopic (exact) mass is 366 g/mol. The van der Waals surface area contributed by atoms with Gasteiger partial charge in [0.05, 0.1) is 24.1 Å². The summed E-state index contributed by atoms with van der Waals surface area (Å²) in [6.45, 7) is 1.69. The first-order valence-corrected chi connectivity index (χ1v) is 8.98. The van der Waals surface area contributed by atoms with Crippen LogP contribution in [-0.2, 0) is 4.74 Å². The number of pyridine rings is 1. The summed E-state index contributed by atoms with van der Waals surface area (Å²) in [6.07, 6.45) is 1.50. The molecule has 1 aliphatic rings. The zero-order valence-corrected chi connectivity index (χ0v) is 15.4. The molecule has 0 N–H and O–H groups in total. The predicted octanol–water partition coefficient (Wildman–Crippen LogP) is 2.37. The third-order valence-electron chi connectivity index (χ3n) is 4.75. The lowest BCUT2D eigenvalue weighted by atomic mass is 9.97. The molecule has 4 rings (SSSR count). The Balaban J connectivity index is 1.73. The fourth-order valence-corrected chi connectivity index (χ4v) is 3.59. The zero-order valence-electron chi connectivity index (χ0n) is 15.4. The summed E-state index contributed by atoms with van der Waals surface area (Å²) in [4.78, 5) is 21.4. The van der Waals surface area contributed by atoms with Crippen LogP contribution >= 0.6 is 0 Å². The molecule has 1 aromatic carbocycles. The van der Waals surface area contributed by atoms with Crippen molar-refractivity contribution in [1.82, 2.24) is 19.9 Å². The Labute approximate surface area is 157 Å². The van der Waals surface area contributed by atoms with Gasteiger partial charge in [-0.2, -0.15) is 0 Å². The first-order chi connectivity index (χ1) is 13.1. The first kappa shape index (κ1) is 17.6. The molecule has 0 radical (unpaired) electrons. The number of hydrogen-bond acceptors (Lipinski definition) is 6. The second-order valence-electron chi connectivity index (χ2n) is 6.91. The number of amides is 1. The van der Waals surface area contributed by atoms with E-state index in [-0.39, 0.29) is 23.8 Å². The number of fused-ring (bicyclic) bond motifs is 1. The lowest BCUT2D eigenvalue weighted by Crippen LogP contribution is -2.51. The number of morpholine rings is 1. The van der Waals surface area contributed by atoms with Crippen molar-refractivity contribution >= 4 is 16.9 Å². The molecule has 7 heteroatoms. The third-order valence-corrected chi connectivity index (χ3v) is 4.75. The molecule has 0 bridgehead atoms. The second-order valence-corrected chi connectivity index (χ2v) is 6.91. The number of carbonyl (C=O) groups excluding carboxylic acids is 1. The van der Waals surface area contributed by atoms with Gasteiger partial charge in [0.2, 0.25) is 11.4 Å². The molecule has 0 spiro atoms. The van der Waals surface area contributed by atoms with Gasteiger partial charge in [-0.05, 0) is 31.8 Å². The number of ether oxygens (including phenoxy) is 1. The van der Waals surface area contributed by atoms with Crippen LogP contribution in [0.4, 0.5) is 0 Å². The molecule has 1 amide bonds. The molecule has 140 valence electrons. The summed E-state index contributed by atoms with van der Waals surface area (Å²) in [7, 11) is 4.00. The molecule has 2 aromatic heterocycles. The Bertz CT molecular complexity index is 925. The maximum Gasteiger partial charge on any atom is 0.293 e. The van der Waals surface area contributed by atoms with Crippen LogP contribution < -0.4 is 0 Å². The average molecular weight is 366 g/mol. The number of rotatable bonds is 4. The molecule has 27 heavy (non-hydrogen) atoms. The van der Waals surface area contributed by atoms with Crippen molar-refractivity contribution in [2.24, 2.45) is 0 Å². The minimum Gasteiger partial charge on any atom is -0.373 e. The molecule has 3 aromatic rings. The maximum atomic E-state index is 13.4. The van der Waals surface area contributed by atoms with Crippen LogP contribution in [0.2, 0.25) is 0 Å². The molecule has 1 saturated heterocycles. The van der Waals surface area contributed by atoms with Gasteiger partial charge in [0.15, 0.2) is 0 Å². The first-order valence-electron chi connectivity index (χ1n) is 8.98. The summed E-state index contributed by atoms with van der Waals surface area (Å²) in [5.41, 5.74) is 1.48. The Morgan fingerprint density at radius 3 is 2.81 bits per heavy atom. The Morgan fingerprint density at radius 1 is 1.22 bits per heavy atom. The van der Waals surface area contributed by atoms with Crippen LogP contribution in [-0.4, -0.2) is 65.7 Å². The minimum atomic E-state index is -0.202. The molecule has 0 unspecified atom stereocenters. The highest BCUT2D eigenvalue weighted by Crippen LogP contribution is 2.32. The molecule has 0 aliphatic carbocycles. The number of carbonyl (C=O) groups is 1. The van der Waals surface area contributed by atoms with Gasteiger partial charge in [-0.15, -0.1) is 0 Å². The summed E-state index contributed by atoms with van der Waals surface area (Å²) in [6, 6.07) is 13.4. The van der Waals surface area contributed by atoms with E-state index in [9.17, 15) is 4.79 Å². The van der Waals surface area contributed by atoms with Crippen molar-refractivity contribution in [3.05, 3.63) is 60.0 Å². The van der Waals surface area contributed by atoms with Crippen molar-refractivity contribution < 1.29 is 14.1 Å². The van der Waals surface area contributed by atoms with E-state index < -0.39 is 0 Å². The molecule has 0 saturated carbocycles. The van der Waals surface area contributed by atoms with E-state index >= 15 is 0 Å². The van der Waals surface area contributed by atoms with Crippen LogP contribution in [0.1, 0.15) is 22.2 Å². The fraction of sp³-hybridized carbons (Fsp3) is 0.350. The number of nitrogens with zero attached hydrogens (tertiary/aromatic N) is 4. The van der Waals surface area contributed by atoms with Gasteiger partial charge in [-0.3, -0.25) is 4.79 Å². The largest absolute Gasteiger partial charge is 0.373 e. The van der Waals surface area contributed by atoms with Crippen molar-refractivity contribution in [3.8, 4) is 0 Å². The lowest BCUT2D eigenvalue weighted by molar-refractivity contribution is -0.0692. The minimum absolute atomic E-state index is 0.132. The van der Waals surface area contributed by atoms with Crippen molar-refractivity contribution in [1.29, 1.82) is 0 Å². The fourth-order valence-electron chi connectivity index (χ4n) is 3.59. The Kier molecular flexibility index (Phi) is 4.87. The molecule has 3 heterocycles. The van der Waals surface area contributed by atoms with E-state index in [4.69, 9.17) is 9.26 Å². The number of likely N-dealkylation sites (N-methyl/N-ethyl adjacent to an activating group) is 1. The number of benzene rings is 1. The quantitative estimate of drug-likeness (QED) is 0.706. The lowest BCUT2D eigenvalue weighted by Gasteiger charge is -2.42. The normalized spacial score (nSPS) is 20.3. The molecular weight excluding hydrogens is 344 g/mol. The summed E-state index contributed by atoms with van der Waals surface area (Å²) in [5, 5.41) is 4.56. The van der Waals surface area contributed by atoms with Crippen molar-refractivity contribution in [3.63, 3.8) is 0 Å².